The van der Waals surface area contributed by atoms with Gasteiger partial charge in [-0.05, 0) is 37.1 Å². The fraction of sp³-hybridized carbons (Fsp3) is 0.577. The molecule has 2 unspecified atom stereocenters. The van der Waals surface area contributed by atoms with Gasteiger partial charge in [0.2, 0.25) is 5.91 Å². The van der Waals surface area contributed by atoms with E-state index in [4.69, 9.17) is 11.5 Å². The number of nitrogens with two attached hydrogens (primary N) is 2. The number of likely N-dealkylation sites (N-methyl/N-ethyl adjacent to an activating group) is 1. The van der Waals surface area contributed by atoms with Crippen LogP contribution < -0.4 is 11.5 Å². The van der Waals surface area contributed by atoms with E-state index in [9.17, 15) is 39.3 Å². The molecular formula is C26H33N3O8. The molecule has 2 saturated carbocycles. The van der Waals surface area contributed by atoms with Crippen molar-refractivity contribution in [2.24, 2.45) is 29.4 Å². The average molecular weight is 516 g/mol. The summed E-state index contributed by atoms with van der Waals surface area (Å²) in [6.07, 6.45) is -1.70. The fourth-order valence-corrected chi connectivity index (χ4v) is 6.75. The maximum Gasteiger partial charge on any atom is 0.235 e. The maximum absolute atomic E-state index is 14.0. The Balaban J connectivity index is 2.00. The van der Waals surface area contributed by atoms with Gasteiger partial charge < -0.3 is 26.8 Å². The number of benzene rings is 1. The van der Waals surface area contributed by atoms with Crippen molar-refractivity contribution in [3.63, 3.8) is 0 Å². The van der Waals surface area contributed by atoms with Crippen molar-refractivity contribution in [1.29, 1.82) is 0 Å². The molecule has 3 aliphatic rings. The number of aliphatic hydroxyl groups excluding tert-OH is 1. The standard InChI is InChI=1S/C26H33N3O8/c1-8-11-10(27)7-9(25(2,3)4)18(30)13(11)19(31)14-12(8)20(32)16-17(29(5)6)21(33)15(24(28)36)23(35)26(16,37)22(14)34/h7-8,12,14-17,20,30,32,37H,27H2,1-6H3,(H2,28,36)/t8-,12+,14?,15?,16+,17-,20-,26-/m0/s1. The van der Waals surface area contributed by atoms with E-state index < -0.39 is 81.8 Å². The van der Waals surface area contributed by atoms with Gasteiger partial charge in [0.25, 0.3) is 0 Å². The number of aliphatic hydroxyl groups is 2. The van der Waals surface area contributed by atoms with Crippen molar-refractivity contribution >= 4 is 34.7 Å². The number of carbonyl (C=O) groups is 5. The number of nitrogens with zero attached hydrogens (tertiary/aromatic N) is 1. The molecular weight excluding hydrogens is 482 g/mol. The van der Waals surface area contributed by atoms with Gasteiger partial charge in [0, 0.05) is 17.2 Å². The van der Waals surface area contributed by atoms with E-state index in [1.165, 1.54) is 19.0 Å². The second-order valence-corrected chi connectivity index (χ2v) is 11.8. The van der Waals surface area contributed by atoms with E-state index in [1.54, 1.807) is 33.8 Å². The van der Waals surface area contributed by atoms with Gasteiger partial charge in [0.1, 0.15) is 5.75 Å². The maximum atomic E-state index is 14.0. The number of primary amides is 1. The molecule has 200 valence electrons. The van der Waals surface area contributed by atoms with E-state index in [2.05, 4.69) is 0 Å². The molecule has 8 atom stereocenters. The first kappa shape index (κ1) is 26.9. The molecule has 0 aliphatic heterocycles. The minimum atomic E-state index is -3.03. The van der Waals surface area contributed by atoms with Crippen molar-refractivity contribution < 1.29 is 39.3 Å². The van der Waals surface area contributed by atoms with Crippen molar-refractivity contribution in [1.82, 2.24) is 4.90 Å². The number of ketones is 4. The number of amides is 1. The molecule has 1 aromatic rings. The molecule has 0 saturated heterocycles. The van der Waals surface area contributed by atoms with Crippen molar-refractivity contribution in [2.45, 2.75) is 56.8 Å². The Kier molecular flexibility index (Phi) is 5.94. The number of hydrogen-bond donors (Lipinski definition) is 5. The first-order chi connectivity index (χ1) is 16.9. The molecule has 11 heteroatoms. The smallest absolute Gasteiger partial charge is 0.235 e. The number of nitrogen functional groups attached to an aromatic ring is 1. The van der Waals surface area contributed by atoms with Crippen LogP contribution in [0.25, 0.3) is 0 Å². The third-order valence-electron chi connectivity index (χ3n) is 8.42. The van der Waals surface area contributed by atoms with Crippen molar-refractivity contribution in [3.8, 4) is 5.75 Å². The lowest BCUT2D eigenvalue weighted by Crippen LogP contribution is -2.77. The number of Topliss-reactive ketones (excluding diaryl/α,β-unsaturated/α-hetero) is 4. The van der Waals surface area contributed by atoms with Crippen molar-refractivity contribution in [2.75, 3.05) is 19.8 Å². The van der Waals surface area contributed by atoms with Gasteiger partial charge in [-0.1, -0.05) is 27.7 Å². The zero-order valence-corrected chi connectivity index (χ0v) is 21.6. The third-order valence-corrected chi connectivity index (χ3v) is 8.42. The summed E-state index contributed by atoms with van der Waals surface area (Å²) in [5, 5.41) is 34.4. The van der Waals surface area contributed by atoms with Crippen LogP contribution in [0.1, 0.15) is 55.1 Å². The molecule has 4 rings (SSSR count). The molecule has 0 radical (unpaired) electrons. The SMILES string of the molecule is C[C@H]1c2c(N)cc(C(C)(C)C)c(O)c2C(=O)C2C(=O)[C@]3(O)C(=O)C(C(N)=O)C(=O)[C@@H](N(C)C)[C@@H]3[C@@H](O)[C@@H]21. The highest BCUT2D eigenvalue weighted by Crippen LogP contribution is 2.56. The Morgan fingerprint density at radius 3 is 2.16 bits per heavy atom. The summed E-state index contributed by atoms with van der Waals surface area (Å²) in [4.78, 5) is 67.8. The summed E-state index contributed by atoms with van der Waals surface area (Å²) >= 11 is 0. The van der Waals surface area contributed by atoms with E-state index in [0.29, 0.717) is 5.56 Å². The van der Waals surface area contributed by atoms with Crippen LogP contribution in [0.5, 0.6) is 5.75 Å². The number of rotatable bonds is 2. The van der Waals surface area contributed by atoms with E-state index >= 15 is 0 Å². The zero-order valence-electron chi connectivity index (χ0n) is 21.6. The lowest BCUT2D eigenvalue weighted by Gasteiger charge is -2.56. The summed E-state index contributed by atoms with van der Waals surface area (Å²) in [6.45, 7) is 7.04. The summed E-state index contributed by atoms with van der Waals surface area (Å²) < 4.78 is 0. The number of hydrogen-bond acceptors (Lipinski definition) is 10. The topological polar surface area (TPSA) is 201 Å². The van der Waals surface area contributed by atoms with E-state index in [0.717, 1.165) is 0 Å². The van der Waals surface area contributed by atoms with Crippen LogP contribution in [0.3, 0.4) is 0 Å². The van der Waals surface area contributed by atoms with Crippen LogP contribution in [0.2, 0.25) is 0 Å². The van der Waals surface area contributed by atoms with Crippen LogP contribution in [-0.4, -0.2) is 81.1 Å². The van der Waals surface area contributed by atoms with E-state index in [1.807, 2.05) is 0 Å². The minimum Gasteiger partial charge on any atom is -0.507 e. The van der Waals surface area contributed by atoms with Crippen LogP contribution in [0.15, 0.2) is 6.07 Å². The molecule has 2 fully saturated rings. The van der Waals surface area contributed by atoms with Gasteiger partial charge in [-0.2, -0.15) is 0 Å². The molecule has 11 nitrogen and oxygen atoms in total. The molecule has 37 heavy (non-hydrogen) atoms. The summed E-state index contributed by atoms with van der Waals surface area (Å²) in [5.41, 5.74) is 8.60. The number of carbonyl (C=O) groups excluding carboxylic acids is 5. The Morgan fingerprint density at radius 2 is 1.68 bits per heavy atom. The number of anilines is 1. The molecule has 0 spiro atoms. The van der Waals surface area contributed by atoms with Crippen LogP contribution >= 0.6 is 0 Å². The fourth-order valence-electron chi connectivity index (χ4n) is 6.75. The van der Waals surface area contributed by atoms with Gasteiger partial charge in [0.05, 0.1) is 29.5 Å². The first-order valence-corrected chi connectivity index (χ1v) is 12.1. The Bertz CT molecular complexity index is 1270. The summed E-state index contributed by atoms with van der Waals surface area (Å²) in [5.74, 6) is -13.7. The Labute approximate surface area is 213 Å². The van der Waals surface area contributed by atoms with Gasteiger partial charge in [0.15, 0.2) is 34.7 Å². The Hall–Kier alpha value is -3.15. The zero-order chi connectivity index (χ0) is 28.1. The van der Waals surface area contributed by atoms with Gasteiger partial charge in [-0.25, -0.2) is 0 Å². The monoisotopic (exact) mass is 515 g/mol. The van der Waals surface area contributed by atoms with Crippen LogP contribution in [0, 0.1) is 23.7 Å². The third kappa shape index (κ3) is 3.33. The normalized spacial score (nSPS) is 35.8. The van der Waals surface area contributed by atoms with Crippen molar-refractivity contribution in [3.05, 3.63) is 22.8 Å². The molecule has 0 aromatic heterocycles. The average Bonchev–Trinajstić information content (AvgIpc) is 2.76. The highest BCUT2D eigenvalue weighted by atomic mass is 16.3. The quantitative estimate of drug-likeness (QED) is 0.190. The second kappa shape index (κ2) is 8.17. The van der Waals surface area contributed by atoms with Crippen LogP contribution in [-0.2, 0) is 24.6 Å². The predicted molar refractivity (Wildman–Crippen MR) is 131 cm³/mol. The number of phenolic OH excluding ortho intramolecular Hbond substituents is 1. The van der Waals surface area contributed by atoms with Gasteiger partial charge in [-0.15, -0.1) is 0 Å². The molecule has 3 aliphatic carbocycles. The number of fused-ring (bicyclic) bond motifs is 3. The first-order valence-electron chi connectivity index (χ1n) is 12.1. The minimum absolute atomic E-state index is 0.186. The molecule has 0 bridgehead atoms. The van der Waals surface area contributed by atoms with Gasteiger partial charge in [-0.3, -0.25) is 28.9 Å². The Morgan fingerprint density at radius 1 is 1.11 bits per heavy atom. The second-order valence-electron chi connectivity index (χ2n) is 11.8. The van der Waals surface area contributed by atoms with Crippen LogP contribution in [0.4, 0.5) is 5.69 Å². The summed E-state index contributed by atoms with van der Waals surface area (Å²) in [7, 11) is 2.88. The lowest BCUT2D eigenvalue weighted by atomic mass is 9.49. The highest BCUT2D eigenvalue weighted by Gasteiger charge is 2.73. The lowest BCUT2D eigenvalue weighted by molar-refractivity contribution is -0.196. The molecule has 1 aromatic carbocycles. The number of aromatic hydroxyl groups is 1. The largest absolute Gasteiger partial charge is 0.507 e. The number of phenols is 1. The highest BCUT2D eigenvalue weighted by molar-refractivity contribution is 6.32. The van der Waals surface area contributed by atoms with E-state index in [-0.39, 0.29) is 22.6 Å². The molecule has 1 amide bonds. The molecule has 0 heterocycles. The molecule has 7 N–H and O–H groups in total. The summed E-state index contributed by atoms with van der Waals surface area (Å²) in [6, 6.07) is 0.136. The predicted octanol–water partition coefficient (Wildman–Crippen LogP) is -0.721. The van der Waals surface area contributed by atoms with Gasteiger partial charge >= 0.3 is 0 Å².